The van der Waals surface area contributed by atoms with Gasteiger partial charge in [-0.1, -0.05) is 68.5 Å². The summed E-state index contributed by atoms with van der Waals surface area (Å²) in [6.07, 6.45) is 3.24. The monoisotopic (exact) mass is 465 g/mol. The molecule has 0 spiro atoms. The fraction of sp³-hybridized carbons (Fsp3) is 0.308. The second-order valence-electron chi connectivity index (χ2n) is 8.57. The fourth-order valence-corrected chi connectivity index (χ4v) is 5.24. The minimum absolute atomic E-state index is 0.0388. The highest BCUT2D eigenvalue weighted by atomic mass is 32.2. The number of nitrogens with zero attached hydrogens (tertiary/aromatic N) is 3. The zero-order chi connectivity index (χ0) is 24.0. The van der Waals surface area contributed by atoms with Gasteiger partial charge >= 0.3 is 0 Å². The molecule has 0 unspecified atom stereocenters. The third kappa shape index (κ3) is 5.99. The standard InChI is InChI=1S/C26H31N3O3S/c1-5-15-28(25(30)24-14-10-9-11-21(24)4)18-23-16-27-26(29(23)17-20(2)3)33(31,32)19-22-12-7-6-8-13-22/h5-14,16,20H,1,15,17-19H2,2-4H3. The molecule has 33 heavy (non-hydrogen) atoms. The van der Waals surface area contributed by atoms with Gasteiger partial charge in [0.1, 0.15) is 0 Å². The fourth-order valence-electron chi connectivity index (χ4n) is 3.74. The van der Waals surface area contributed by atoms with Crippen LogP contribution < -0.4 is 0 Å². The highest BCUT2D eigenvalue weighted by Gasteiger charge is 2.26. The smallest absolute Gasteiger partial charge is 0.254 e. The van der Waals surface area contributed by atoms with Crippen molar-refractivity contribution in [1.82, 2.24) is 14.5 Å². The summed E-state index contributed by atoms with van der Waals surface area (Å²) in [5.41, 5.74) is 2.89. The topological polar surface area (TPSA) is 72.3 Å². The predicted octanol–water partition coefficient (Wildman–Crippen LogP) is 4.65. The maximum absolute atomic E-state index is 13.3. The number of hydrogen-bond acceptors (Lipinski definition) is 4. The van der Waals surface area contributed by atoms with Crippen LogP contribution in [-0.4, -0.2) is 35.3 Å². The van der Waals surface area contributed by atoms with Crippen LogP contribution in [0.3, 0.4) is 0 Å². The first-order valence-corrected chi connectivity index (χ1v) is 12.6. The van der Waals surface area contributed by atoms with Crippen molar-refractivity contribution in [3.05, 3.63) is 95.8 Å². The Morgan fingerprint density at radius 3 is 2.42 bits per heavy atom. The van der Waals surface area contributed by atoms with E-state index in [4.69, 9.17) is 0 Å². The Balaban J connectivity index is 1.96. The van der Waals surface area contributed by atoms with Crippen LogP contribution >= 0.6 is 0 Å². The number of sulfone groups is 1. The Bertz CT molecular complexity index is 1210. The molecule has 7 heteroatoms. The third-order valence-electron chi connectivity index (χ3n) is 5.29. The summed E-state index contributed by atoms with van der Waals surface area (Å²) in [4.78, 5) is 19.2. The summed E-state index contributed by atoms with van der Waals surface area (Å²) in [7, 11) is -3.67. The molecule has 0 bridgehead atoms. The van der Waals surface area contributed by atoms with E-state index in [1.165, 1.54) is 0 Å². The second kappa shape index (κ2) is 10.6. The normalized spacial score (nSPS) is 11.5. The van der Waals surface area contributed by atoms with Gasteiger partial charge in [-0.05, 0) is 30.0 Å². The summed E-state index contributed by atoms with van der Waals surface area (Å²) < 4.78 is 28.2. The molecule has 0 aliphatic heterocycles. The van der Waals surface area contributed by atoms with Crippen molar-refractivity contribution in [3.8, 4) is 0 Å². The van der Waals surface area contributed by atoms with Crippen molar-refractivity contribution in [3.63, 3.8) is 0 Å². The first-order chi connectivity index (χ1) is 15.7. The number of benzene rings is 2. The molecule has 1 heterocycles. The van der Waals surface area contributed by atoms with E-state index in [0.717, 1.165) is 5.56 Å². The Morgan fingerprint density at radius 1 is 1.12 bits per heavy atom. The van der Waals surface area contributed by atoms with Crippen LogP contribution in [0.4, 0.5) is 0 Å². The maximum atomic E-state index is 13.3. The summed E-state index contributed by atoms with van der Waals surface area (Å²) in [6, 6.07) is 16.5. The highest BCUT2D eigenvalue weighted by Crippen LogP contribution is 2.21. The summed E-state index contributed by atoms with van der Waals surface area (Å²) in [5, 5.41) is 0.0388. The average molecular weight is 466 g/mol. The van der Waals surface area contributed by atoms with Gasteiger partial charge in [0.25, 0.3) is 5.91 Å². The number of aryl methyl sites for hydroxylation is 1. The SMILES string of the molecule is C=CCN(Cc1cnc(S(=O)(=O)Cc2ccccc2)n1CC(C)C)C(=O)c1ccccc1C. The minimum atomic E-state index is -3.67. The van der Waals surface area contributed by atoms with Gasteiger partial charge in [0.05, 0.1) is 24.2 Å². The number of aromatic nitrogens is 2. The van der Waals surface area contributed by atoms with E-state index in [9.17, 15) is 13.2 Å². The molecule has 0 saturated heterocycles. The van der Waals surface area contributed by atoms with E-state index in [0.29, 0.717) is 29.9 Å². The Kier molecular flexibility index (Phi) is 7.87. The van der Waals surface area contributed by atoms with Gasteiger partial charge in [0.15, 0.2) is 0 Å². The van der Waals surface area contributed by atoms with E-state index in [-0.39, 0.29) is 29.3 Å². The maximum Gasteiger partial charge on any atom is 0.254 e. The summed E-state index contributed by atoms with van der Waals surface area (Å²) in [5.74, 6) is -0.0523. The number of amides is 1. The molecule has 0 radical (unpaired) electrons. The highest BCUT2D eigenvalue weighted by molar-refractivity contribution is 7.90. The Morgan fingerprint density at radius 2 is 1.79 bits per heavy atom. The number of rotatable bonds is 10. The zero-order valence-corrected chi connectivity index (χ0v) is 20.3. The Hall–Kier alpha value is -3.19. The lowest BCUT2D eigenvalue weighted by Crippen LogP contribution is -2.32. The van der Waals surface area contributed by atoms with Crippen LogP contribution in [0.5, 0.6) is 0 Å². The van der Waals surface area contributed by atoms with Gasteiger partial charge in [-0.2, -0.15) is 0 Å². The molecular formula is C26H31N3O3S. The molecule has 1 amide bonds. The molecule has 2 aromatic carbocycles. The van der Waals surface area contributed by atoms with Gasteiger partial charge in [-0.25, -0.2) is 13.4 Å². The average Bonchev–Trinajstić information content (AvgIpc) is 3.16. The lowest BCUT2D eigenvalue weighted by Gasteiger charge is -2.23. The van der Waals surface area contributed by atoms with Crippen molar-refractivity contribution in [1.29, 1.82) is 0 Å². The van der Waals surface area contributed by atoms with Crippen LogP contribution in [0.25, 0.3) is 0 Å². The van der Waals surface area contributed by atoms with Gasteiger partial charge in [-0.3, -0.25) is 4.79 Å². The molecule has 0 aliphatic carbocycles. The van der Waals surface area contributed by atoms with Crippen LogP contribution in [0.1, 0.15) is 41.0 Å². The molecule has 3 aromatic rings. The number of hydrogen-bond donors (Lipinski definition) is 0. The number of carbonyl (C=O) groups is 1. The molecule has 0 atom stereocenters. The molecule has 0 fully saturated rings. The van der Waals surface area contributed by atoms with Crippen LogP contribution in [-0.2, 0) is 28.7 Å². The van der Waals surface area contributed by atoms with Crippen molar-refractivity contribution in [2.75, 3.05) is 6.54 Å². The molecule has 174 valence electrons. The van der Waals surface area contributed by atoms with Crippen molar-refractivity contribution in [2.45, 2.75) is 44.8 Å². The molecule has 0 aliphatic rings. The molecule has 0 saturated carbocycles. The summed E-state index contributed by atoms with van der Waals surface area (Å²) >= 11 is 0. The van der Waals surface area contributed by atoms with Crippen LogP contribution in [0.2, 0.25) is 0 Å². The first kappa shape index (κ1) is 24.5. The third-order valence-corrected chi connectivity index (χ3v) is 6.89. The molecule has 0 N–H and O–H groups in total. The van der Waals surface area contributed by atoms with Crippen molar-refractivity contribution >= 4 is 15.7 Å². The number of carbonyl (C=O) groups excluding carboxylic acids is 1. The first-order valence-electron chi connectivity index (χ1n) is 11.0. The summed E-state index contributed by atoms with van der Waals surface area (Å²) in [6.45, 7) is 10.8. The minimum Gasteiger partial charge on any atom is -0.329 e. The zero-order valence-electron chi connectivity index (χ0n) is 19.4. The van der Waals surface area contributed by atoms with Crippen molar-refractivity contribution in [2.24, 2.45) is 5.92 Å². The lowest BCUT2D eigenvalue weighted by molar-refractivity contribution is 0.0758. The largest absolute Gasteiger partial charge is 0.329 e. The van der Waals surface area contributed by atoms with Crippen LogP contribution in [0.15, 0.2) is 78.6 Å². The lowest BCUT2D eigenvalue weighted by atomic mass is 10.1. The second-order valence-corrected chi connectivity index (χ2v) is 10.5. The van der Waals surface area contributed by atoms with Crippen molar-refractivity contribution < 1.29 is 13.2 Å². The molecule has 3 rings (SSSR count). The van der Waals surface area contributed by atoms with E-state index in [1.54, 1.807) is 39.9 Å². The quantitative estimate of drug-likeness (QED) is 0.409. The van der Waals surface area contributed by atoms with Crippen LogP contribution in [0, 0.1) is 12.8 Å². The van der Waals surface area contributed by atoms with Gasteiger partial charge in [-0.15, -0.1) is 6.58 Å². The molecular weight excluding hydrogens is 434 g/mol. The van der Waals surface area contributed by atoms with E-state index in [2.05, 4.69) is 11.6 Å². The van der Waals surface area contributed by atoms with Gasteiger partial charge < -0.3 is 9.47 Å². The molecule has 6 nitrogen and oxygen atoms in total. The van der Waals surface area contributed by atoms with Gasteiger partial charge in [0, 0.05) is 18.7 Å². The predicted molar refractivity (Wildman–Crippen MR) is 131 cm³/mol. The van der Waals surface area contributed by atoms with E-state index >= 15 is 0 Å². The number of imidazole rings is 1. The van der Waals surface area contributed by atoms with Gasteiger partial charge in [0.2, 0.25) is 15.0 Å². The Labute approximate surface area is 196 Å². The van der Waals surface area contributed by atoms with E-state index in [1.807, 2.05) is 57.2 Å². The molecule has 1 aromatic heterocycles. The van der Waals surface area contributed by atoms with E-state index < -0.39 is 9.84 Å².